The van der Waals surface area contributed by atoms with Gasteiger partial charge in [-0.3, -0.25) is 0 Å². The molecule has 0 aliphatic rings. The van der Waals surface area contributed by atoms with E-state index in [1.165, 1.54) is 0 Å². The molecule has 0 aliphatic heterocycles. The van der Waals surface area contributed by atoms with Gasteiger partial charge in [-0.25, -0.2) is 9.78 Å². The predicted molar refractivity (Wildman–Crippen MR) is 98.6 cm³/mol. The van der Waals surface area contributed by atoms with E-state index < -0.39 is 5.97 Å². The Balaban J connectivity index is 1.88. The molecule has 2 aromatic heterocycles. The highest BCUT2D eigenvalue weighted by atomic mass is 35.5. The molecule has 0 saturated heterocycles. The van der Waals surface area contributed by atoms with E-state index in [-0.39, 0.29) is 18.1 Å². The molecule has 0 aliphatic carbocycles. The number of aryl methyl sites for hydroxylation is 1. The third kappa shape index (κ3) is 3.77. The molecule has 0 saturated carbocycles. The summed E-state index contributed by atoms with van der Waals surface area (Å²) in [5.74, 6) is -0.153. The van der Waals surface area contributed by atoms with Gasteiger partial charge in [0.2, 0.25) is 5.82 Å². The third-order valence-electron chi connectivity index (χ3n) is 3.84. The maximum absolute atomic E-state index is 12.0. The lowest BCUT2D eigenvalue weighted by molar-refractivity contribution is 0.0512. The maximum atomic E-state index is 12.0. The summed E-state index contributed by atoms with van der Waals surface area (Å²) in [6, 6.07) is 7.66. The number of fused-ring (bicyclic) bond motifs is 1. The van der Waals surface area contributed by atoms with Gasteiger partial charge in [-0.05, 0) is 31.4 Å². The molecule has 7 nitrogen and oxygen atoms in total. The van der Waals surface area contributed by atoms with Crippen LogP contribution in [0.3, 0.4) is 0 Å². The molecule has 0 spiro atoms. The summed E-state index contributed by atoms with van der Waals surface area (Å²) in [4.78, 5) is 20.5. The summed E-state index contributed by atoms with van der Waals surface area (Å²) < 4.78 is 10.2. The van der Waals surface area contributed by atoms with Crippen molar-refractivity contribution >= 4 is 34.5 Å². The predicted octanol–water partition coefficient (Wildman–Crippen LogP) is 3.66. The van der Waals surface area contributed by atoms with Crippen molar-refractivity contribution < 1.29 is 14.1 Å². The summed E-state index contributed by atoms with van der Waals surface area (Å²) in [7, 11) is 0. The van der Waals surface area contributed by atoms with E-state index in [0.717, 1.165) is 11.3 Å². The molecule has 0 fully saturated rings. The number of ether oxygens (including phenoxy) is 1. The van der Waals surface area contributed by atoms with Crippen LogP contribution in [0.4, 0.5) is 5.82 Å². The number of carbonyl (C=O) groups excluding carboxylic acids is 1. The van der Waals surface area contributed by atoms with Crippen molar-refractivity contribution in [1.82, 2.24) is 15.1 Å². The Morgan fingerprint density at radius 1 is 1.27 bits per heavy atom. The first-order valence-electron chi connectivity index (χ1n) is 8.44. The van der Waals surface area contributed by atoms with Crippen LogP contribution in [0.15, 0.2) is 28.8 Å². The lowest BCUT2D eigenvalue weighted by Gasteiger charge is -2.09. The van der Waals surface area contributed by atoms with Crippen LogP contribution in [0.5, 0.6) is 0 Å². The van der Waals surface area contributed by atoms with Crippen molar-refractivity contribution in [1.29, 1.82) is 0 Å². The Hall–Kier alpha value is -2.67. The number of halogens is 1. The van der Waals surface area contributed by atoms with Gasteiger partial charge in [-0.1, -0.05) is 41.9 Å². The van der Waals surface area contributed by atoms with Crippen molar-refractivity contribution in [3.05, 3.63) is 46.4 Å². The van der Waals surface area contributed by atoms with Gasteiger partial charge < -0.3 is 14.6 Å². The first-order valence-corrected chi connectivity index (χ1v) is 8.82. The SMILES string of the molecule is CCOC(=O)c1nc(NCCc2ccccc2Cl)c2c(CC)noc2n1. The molecule has 8 heteroatoms. The van der Waals surface area contributed by atoms with Crippen LogP contribution in [-0.2, 0) is 17.6 Å². The van der Waals surface area contributed by atoms with E-state index in [1.807, 2.05) is 31.2 Å². The minimum Gasteiger partial charge on any atom is -0.460 e. The summed E-state index contributed by atoms with van der Waals surface area (Å²) in [5, 5.41) is 8.65. The normalized spacial score (nSPS) is 10.9. The number of esters is 1. The van der Waals surface area contributed by atoms with E-state index >= 15 is 0 Å². The molecule has 0 unspecified atom stereocenters. The van der Waals surface area contributed by atoms with Crippen LogP contribution in [0.1, 0.15) is 35.7 Å². The van der Waals surface area contributed by atoms with Gasteiger partial charge in [-0.2, -0.15) is 4.98 Å². The molecule has 0 atom stereocenters. The Labute approximate surface area is 155 Å². The minimum atomic E-state index is -0.599. The van der Waals surface area contributed by atoms with Gasteiger partial charge in [0.1, 0.15) is 11.2 Å². The lowest BCUT2D eigenvalue weighted by Crippen LogP contribution is -2.13. The van der Waals surface area contributed by atoms with Crippen molar-refractivity contribution in [3.63, 3.8) is 0 Å². The summed E-state index contributed by atoms with van der Waals surface area (Å²) in [6.07, 6.45) is 1.36. The standard InChI is InChI=1S/C18H19ClN4O3/c1-3-13-14-15(20-10-9-11-7-5-6-8-12(11)19)21-16(18(24)25-4-2)22-17(14)26-23-13/h5-8H,3-4,9-10H2,1-2H3,(H,20,21,22). The van der Waals surface area contributed by atoms with Gasteiger partial charge in [-0.15, -0.1) is 0 Å². The number of hydrogen-bond acceptors (Lipinski definition) is 7. The quantitative estimate of drug-likeness (QED) is 0.631. The van der Waals surface area contributed by atoms with Crippen molar-refractivity contribution in [2.45, 2.75) is 26.7 Å². The van der Waals surface area contributed by atoms with Gasteiger partial charge in [0.15, 0.2) is 0 Å². The highest BCUT2D eigenvalue weighted by Crippen LogP contribution is 2.25. The molecule has 1 aromatic carbocycles. The number of carbonyl (C=O) groups is 1. The topological polar surface area (TPSA) is 90.1 Å². The van der Waals surface area contributed by atoms with Crippen LogP contribution < -0.4 is 5.32 Å². The second-order valence-electron chi connectivity index (χ2n) is 5.55. The second kappa shape index (κ2) is 8.14. The Morgan fingerprint density at radius 3 is 2.81 bits per heavy atom. The summed E-state index contributed by atoms with van der Waals surface area (Å²) in [6.45, 7) is 4.51. The van der Waals surface area contributed by atoms with Crippen LogP contribution in [0, 0.1) is 0 Å². The number of anilines is 1. The van der Waals surface area contributed by atoms with Gasteiger partial charge in [0.05, 0.1) is 12.3 Å². The number of nitrogens with zero attached hydrogens (tertiary/aromatic N) is 3. The van der Waals surface area contributed by atoms with Crippen LogP contribution in [0.25, 0.3) is 11.1 Å². The average molecular weight is 375 g/mol. The van der Waals surface area contributed by atoms with Crippen molar-refractivity contribution in [2.75, 3.05) is 18.5 Å². The van der Waals surface area contributed by atoms with E-state index in [9.17, 15) is 4.79 Å². The highest BCUT2D eigenvalue weighted by molar-refractivity contribution is 6.31. The fourth-order valence-corrected chi connectivity index (χ4v) is 2.81. The zero-order chi connectivity index (χ0) is 18.5. The molecule has 26 heavy (non-hydrogen) atoms. The second-order valence-corrected chi connectivity index (χ2v) is 5.95. The third-order valence-corrected chi connectivity index (χ3v) is 4.21. The van der Waals surface area contributed by atoms with Gasteiger partial charge in [0, 0.05) is 11.6 Å². The number of benzene rings is 1. The number of rotatable bonds is 7. The molecule has 2 heterocycles. The summed E-state index contributed by atoms with van der Waals surface area (Å²) >= 11 is 6.19. The zero-order valence-electron chi connectivity index (χ0n) is 14.6. The van der Waals surface area contributed by atoms with Crippen LogP contribution in [-0.4, -0.2) is 34.2 Å². The van der Waals surface area contributed by atoms with Crippen molar-refractivity contribution in [2.24, 2.45) is 0 Å². The molecule has 0 radical (unpaired) electrons. The minimum absolute atomic E-state index is 0.0570. The molecule has 0 amide bonds. The zero-order valence-corrected chi connectivity index (χ0v) is 15.3. The van der Waals surface area contributed by atoms with Gasteiger partial charge in [0.25, 0.3) is 5.71 Å². The first kappa shape index (κ1) is 18.1. The first-order chi connectivity index (χ1) is 12.6. The van der Waals surface area contributed by atoms with Gasteiger partial charge >= 0.3 is 5.97 Å². The number of hydrogen-bond donors (Lipinski definition) is 1. The Morgan fingerprint density at radius 2 is 2.08 bits per heavy atom. The Kier molecular flexibility index (Phi) is 5.68. The summed E-state index contributed by atoms with van der Waals surface area (Å²) in [5.41, 5.74) is 2.02. The maximum Gasteiger partial charge on any atom is 0.376 e. The molecule has 3 rings (SSSR count). The fourth-order valence-electron chi connectivity index (χ4n) is 2.58. The average Bonchev–Trinajstić information content (AvgIpc) is 3.06. The Bertz CT molecular complexity index is 926. The van der Waals surface area contributed by atoms with Crippen LogP contribution >= 0.6 is 11.6 Å². The molecular weight excluding hydrogens is 356 g/mol. The van der Waals surface area contributed by atoms with E-state index in [1.54, 1.807) is 6.92 Å². The lowest BCUT2D eigenvalue weighted by atomic mass is 10.1. The largest absolute Gasteiger partial charge is 0.460 e. The number of aromatic nitrogens is 3. The molecule has 1 N–H and O–H groups in total. The fraction of sp³-hybridized carbons (Fsp3) is 0.333. The smallest absolute Gasteiger partial charge is 0.376 e. The van der Waals surface area contributed by atoms with Crippen molar-refractivity contribution in [3.8, 4) is 0 Å². The number of nitrogens with one attached hydrogen (secondary N) is 1. The van der Waals surface area contributed by atoms with E-state index in [0.29, 0.717) is 35.6 Å². The monoisotopic (exact) mass is 374 g/mol. The van der Waals surface area contributed by atoms with E-state index in [2.05, 4.69) is 20.4 Å². The highest BCUT2D eigenvalue weighted by Gasteiger charge is 2.20. The van der Waals surface area contributed by atoms with E-state index in [4.69, 9.17) is 20.9 Å². The molecule has 3 aromatic rings. The molecular formula is C18H19ClN4O3. The molecule has 136 valence electrons. The molecule has 0 bridgehead atoms. The van der Waals surface area contributed by atoms with Crippen LogP contribution in [0.2, 0.25) is 5.02 Å².